The van der Waals surface area contributed by atoms with E-state index in [2.05, 4.69) is 30.9 Å². The van der Waals surface area contributed by atoms with Crippen LogP contribution < -0.4 is 0 Å². The van der Waals surface area contributed by atoms with Gasteiger partial charge in [0.1, 0.15) is 0 Å². The molecular formula is C26H27F3. The highest BCUT2D eigenvalue weighted by atomic mass is 19.2. The quantitative estimate of drug-likeness (QED) is 0.371. The lowest BCUT2D eigenvalue weighted by Gasteiger charge is -2.42. The molecule has 0 radical (unpaired) electrons. The standard InChI is InChI=1S/C26H27F3/c1-2-17-5-10-23-16-22(12-11-21(23)13-17)20-8-6-18(7-9-20)3-4-19-14-24(27)26(29)25(28)15-19/h6-9,14-15,17,21-23H,2,5,10-13,16H2,1H3/t17?,21-,22-,23-/m1/s1. The molecule has 2 fully saturated rings. The van der Waals surface area contributed by atoms with Gasteiger partial charge in [-0.05, 0) is 85.6 Å². The Morgan fingerprint density at radius 3 is 2.10 bits per heavy atom. The van der Waals surface area contributed by atoms with Gasteiger partial charge in [-0.2, -0.15) is 0 Å². The van der Waals surface area contributed by atoms with Crippen LogP contribution in [-0.2, 0) is 0 Å². The molecule has 0 N–H and O–H groups in total. The largest absolute Gasteiger partial charge is 0.204 e. The van der Waals surface area contributed by atoms with E-state index >= 15 is 0 Å². The Kier molecular flexibility index (Phi) is 5.99. The molecule has 0 nitrogen and oxygen atoms in total. The summed E-state index contributed by atoms with van der Waals surface area (Å²) in [5.74, 6) is 5.10. The van der Waals surface area contributed by atoms with E-state index in [4.69, 9.17) is 0 Å². The van der Waals surface area contributed by atoms with E-state index in [0.29, 0.717) is 5.92 Å². The Morgan fingerprint density at radius 2 is 1.41 bits per heavy atom. The maximum Gasteiger partial charge on any atom is 0.194 e. The van der Waals surface area contributed by atoms with Gasteiger partial charge >= 0.3 is 0 Å². The molecule has 152 valence electrons. The molecule has 2 aromatic rings. The zero-order valence-corrected chi connectivity index (χ0v) is 16.9. The maximum absolute atomic E-state index is 13.3. The van der Waals surface area contributed by atoms with Crippen molar-refractivity contribution < 1.29 is 13.2 Å². The highest BCUT2D eigenvalue weighted by Gasteiger charge is 2.35. The normalized spacial score (nSPS) is 26.3. The smallest absolute Gasteiger partial charge is 0.194 e. The lowest BCUT2D eigenvalue weighted by atomic mass is 9.63. The first-order valence-corrected chi connectivity index (χ1v) is 10.8. The fourth-order valence-corrected chi connectivity index (χ4v) is 5.27. The first-order valence-electron chi connectivity index (χ1n) is 10.8. The van der Waals surface area contributed by atoms with Gasteiger partial charge in [-0.25, -0.2) is 13.2 Å². The van der Waals surface area contributed by atoms with Crippen molar-refractivity contribution in [2.75, 3.05) is 0 Å². The molecule has 1 unspecified atom stereocenters. The highest BCUT2D eigenvalue weighted by Crippen LogP contribution is 2.48. The lowest BCUT2D eigenvalue weighted by molar-refractivity contribution is 0.116. The van der Waals surface area contributed by atoms with E-state index < -0.39 is 17.5 Å². The second kappa shape index (κ2) is 8.66. The van der Waals surface area contributed by atoms with Gasteiger partial charge in [-0.3, -0.25) is 0 Å². The van der Waals surface area contributed by atoms with Crippen molar-refractivity contribution in [2.24, 2.45) is 17.8 Å². The van der Waals surface area contributed by atoms with E-state index in [9.17, 15) is 13.2 Å². The van der Waals surface area contributed by atoms with E-state index in [1.54, 1.807) is 0 Å². The average Bonchev–Trinajstić information content (AvgIpc) is 2.75. The van der Waals surface area contributed by atoms with Crippen molar-refractivity contribution in [2.45, 2.75) is 57.8 Å². The number of hydrogen-bond donors (Lipinski definition) is 0. The van der Waals surface area contributed by atoms with Crippen LogP contribution >= 0.6 is 0 Å². The van der Waals surface area contributed by atoms with Gasteiger partial charge in [0.05, 0.1) is 0 Å². The van der Waals surface area contributed by atoms with Crippen molar-refractivity contribution in [3.63, 3.8) is 0 Å². The summed E-state index contributed by atoms with van der Waals surface area (Å²) in [6, 6.07) is 10.1. The van der Waals surface area contributed by atoms with Gasteiger partial charge in [0.2, 0.25) is 0 Å². The monoisotopic (exact) mass is 396 g/mol. The minimum absolute atomic E-state index is 0.131. The molecule has 0 aliphatic heterocycles. The topological polar surface area (TPSA) is 0 Å². The third-order valence-corrected chi connectivity index (χ3v) is 7.02. The predicted molar refractivity (Wildman–Crippen MR) is 110 cm³/mol. The molecule has 2 aromatic carbocycles. The molecule has 2 saturated carbocycles. The second-order valence-electron chi connectivity index (χ2n) is 8.74. The molecule has 0 amide bonds. The SMILES string of the molecule is CCC1CC[C@@H]2C[C@H](c3ccc(C#Cc4cc(F)c(F)c(F)c4)cc3)CC[C@@H]2C1. The third-order valence-electron chi connectivity index (χ3n) is 7.02. The first-order chi connectivity index (χ1) is 14.0. The molecule has 0 bridgehead atoms. The minimum atomic E-state index is -1.46. The highest BCUT2D eigenvalue weighted by molar-refractivity contribution is 5.44. The number of fused-ring (bicyclic) bond motifs is 1. The Labute approximate surface area is 171 Å². The fourth-order valence-electron chi connectivity index (χ4n) is 5.27. The van der Waals surface area contributed by atoms with Crippen molar-refractivity contribution >= 4 is 0 Å². The predicted octanol–water partition coefficient (Wildman–Crippen LogP) is 7.21. The third kappa shape index (κ3) is 4.53. The summed E-state index contributed by atoms with van der Waals surface area (Å²) in [6.07, 6.45) is 9.42. The Bertz CT molecular complexity index is 896. The molecule has 4 atom stereocenters. The van der Waals surface area contributed by atoms with Crippen molar-refractivity contribution in [1.29, 1.82) is 0 Å². The van der Waals surface area contributed by atoms with Gasteiger partial charge in [-0.1, -0.05) is 43.7 Å². The first kappa shape index (κ1) is 20.1. The van der Waals surface area contributed by atoms with Crippen LogP contribution in [0.4, 0.5) is 13.2 Å². The molecule has 0 saturated heterocycles. The summed E-state index contributed by atoms with van der Waals surface area (Å²) in [6.45, 7) is 2.32. The van der Waals surface area contributed by atoms with E-state index in [1.807, 2.05) is 12.1 Å². The Hall–Kier alpha value is -2.21. The van der Waals surface area contributed by atoms with Gasteiger partial charge in [-0.15, -0.1) is 0 Å². The van der Waals surface area contributed by atoms with Crippen LogP contribution in [0, 0.1) is 47.0 Å². The van der Waals surface area contributed by atoms with Gasteiger partial charge in [0, 0.05) is 11.1 Å². The summed E-state index contributed by atoms with van der Waals surface area (Å²) in [7, 11) is 0. The lowest BCUT2D eigenvalue weighted by Crippen LogP contribution is -2.30. The van der Waals surface area contributed by atoms with E-state index in [-0.39, 0.29) is 5.56 Å². The van der Waals surface area contributed by atoms with Gasteiger partial charge in [0.25, 0.3) is 0 Å². The van der Waals surface area contributed by atoms with Crippen molar-refractivity contribution in [3.8, 4) is 11.8 Å². The fraction of sp³-hybridized carbons (Fsp3) is 0.462. The molecule has 4 rings (SSSR count). The number of rotatable bonds is 2. The summed E-state index contributed by atoms with van der Waals surface area (Å²) in [4.78, 5) is 0. The molecule has 2 aliphatic rings. The van der Waals surface area contributed by atoms with Gasteiger partial charge < -0.3 is 0 Å². The van der Waals surface area contributed by atoms with Crippen LogP contribution in [0.25, 0.3) is 0 Å². The summed E-state index contributed by atoms with van der Waals surface area (Å²) < 4.78 is 39.6. The molecule has 0 aromatic heterocycles. The summed E-state index contributed by atoms with van der Waals surface area (Å²) >= 11 is 0. The molecular weight excluding hydrogens is 369 g/mol. The van der Waals surface area contributed by atoms with E-state index in [0.717, 1.165) is 35.4 Å². The molecule has 0 spiro atoms. The Balaban J connectivity index is 1.42. The van der Waals surface area contributed by atoms with E-state index in [1.165, 1.54) is 50.5 Å². The number of hydrogen-bond acceptors (Lipinski definition) is 0. The van der Waals surface area contributed by atoms with Crippen LogP contribution in [0.5, 0.6) is 0 Å². The van der Waals surface area contributed by atoms with Crippen LogP contribution in [0.1, 0.15) is 74.5 Å². The van der Waals surface area contributed by atoms with Crippen molar-refractivity contribution in [1.82, 2.24) is 0 Å². The molecule has 3 heteroatoms. The van der Waals surface area contributed by atoms with Crippen molar-refractivity contribution in [3.05, 3.63) is 70.5 Å². The summed E-state index contributed by atoms with van der Waals surface area (Å²) in [5.41, 5.74) is 2.29. The maximum atomic E-state index is 13.3. The Morgan fingerprint density at radius 1 is 0.793 bits per heavy atom. The zero-order valence-electron chi connectivity index (χ0n) is 16.9. The molecule has 29 heavy (non-hydrogen) atoms. The number of benzene rings is 2. The van der Waals surface area contributed by atoms with Crippen LogP contribution in [0.2, 0.25) is 0 Å². The van der Waals surface area contributed by atoms with Gasteiger partial charge in [0.15, 0.2) is 17.5 Å². The average molecular weight is 396 g/mol. The zero-order chi connectivity index (χ0) is 20.4. The minimum Gasteiger partial charge on any atom is -0.204 e. The number of halogens is 3. The molecule has 2 aliphatic carbocycles. The summed E-state index contributed by atoms with van der Waals surface area (Å²) in [5, 5.41) is 0. The molecule has 0 heterocycles. The van der Waals surface area contributed by atoms with Crippen LogP contribution in [-0.4, -0.2) is 0 Å². The van der Waals surface area contributed by atoms with Crippen LogP contribution in [0.15, 0.2) is 36.4 Å². The van der Waals surface area contributed by atoms with Crippen LogP contribution in [0.3, 0.4) is 0 Å². The second-order valence-corrected chi connectivity index (χ2v) is 8.74.